The number of sulfonamides is 1. The van der Waals surface area contributed by atoms with Crippen LogP contribution in [-0.2, 0) is 14.8 Å². The summed E-state index contributed by atoms with van der Waals surface area (Å²) in [6.07, 6.45) is 0. The van der Waals surface area contributed by atoms with Gasteiger partial charge in [0.15, 0.2) is 0 Å². The van der Waals surface area contributed by atoms with Crippen molar-refractivity contribution in [2.45, 2.75) is 31.7 Å². The van der Waals surface area contributed by atoms with Crippen LogP contribution in [0.4, 0.5) is 5.69 Å². The molecule has 0 aliphatic rings. The van der Waals surface area contributed by atoms with Crippen molar-refractivity contribution in [1.82, 2.24) is 5.32 Å². The first-order valence-corrected chi connectivity index (χ1v) is 9.92. The highest BCUT2D eigenvalue weighted by Gasteiger charge is 2.17. The quantitative estimate of drug-likeness (QED) is 0.708. The Kier molecular flexibility index (Phi) is 6.57. The van der Waals surface area contributed by atoms with Crippen molar-refractivity contribution >= 4 is 27.6 Å². The number of hydrogen-bond acceptors (Lipinski definition) is 5. The summed E-state index contributed by atoms with van der Waals surface area (Å²) in [7, 11) is -3.89. The van der Waals surface area contributed by atoms with Gasteiger partial charge in [-0.1, -0.05) is 6.07 Å². The number of nitrogens with one attached hydrogen (secondary N) is 2. The molecule has 2 rings (SSSR count). The molecule has 8 heteroatoms. The fourth-order valence-corrected chi connectivity index (χ4v) is 3.36. The van der Waals surface area contributed by atoms with Crippen molar-refractivity contribution in [3.8, 4) is 0 Å². The number of ether oxygens (including phenoxy) is 1. The van der Waals surface area contributed by atoms with Gasteiger partial charge in [-0.05, 0) is 63.2 Å². The van der Waals surface area contributed by atoms with E-state index in [2.05, 4.69) is 10.0 Å². The molecule has 2 aromatic rings. The van der Waals surface area contributed by atoms with Gasteiger partial charge < -0.3 is 10.1 Å². The molecular formula is C19H22N2O5S. The van der Waals surface area contributed by atoms with Crippen molar-refractivity contribution in [1.29, 1.82) is 0 Å². The molecule has 0 unspecified atom stereocenters. The number of amides is 1. The molecule has 0 aliphatic carbocycles. The highest BCUT2D eigenvalue weighted by molar-refractivity contribution is 7.92. The number of anilines is 1. The lowest BCUT2D eigenvalue weighted by atomic mass is 10.2. The Balaban J connectivity index is 2.19. The molecule has 27 heavy (non-hydrogen) atoms. The van der Waals surface area contributed by atoms with Gasteiger partial charge in [0.25, 0.3) is 15.9 Å². The third-order valence-electron chi connectivity index (χ3n) is 3.47. The summed E-state index contributed by atoms with van der Waals surface area (Å²) in [4.78, 5) is 23.7. The zero-order valence-electron chi connectivity index (χ0n) is 15.4. The Bertz CT molecular complexity index is 921. The Morgan fingerprint density at radius 2 is 1.70 bits per heavy atom. The SMILES string of the molecule is CCOC(=O)c1ccc(NS(=O)(=O)c2cccc(C(=O)NC(C)C)c2)cc1. The zero-order chi connectivity index (χ0) is 20.0. The van der Waals surface area contributed by atoms with Crippen molar-refractivity contribution in [3.05, 3.63) is 59.7 Å². The Morgan fingerprint density at radius 3 is 2.30 bits per heavy atom. The first-order chi connectivity index (χ1) is 12.7. The molecule has 0 heterocycles. The summed E-state index contributed by atoms with van der Waals surface area (Å²) in [6, 6.07) is 11.6. The van der Waals surface area contributed by atoms with Gasteiger partial charge in [0, 0.05) is 17.3 Å². The second-order valence-electron chi connectivity index (χ2n) is 6.06. The minimum Gasteiger partial charge on any atom is -0.462 e. The van der Waals surface area contributed by atoms with Crippen LogP contribution in [0.3, 0.4) is 0 Å². The lowest BCUT2D eigenvalue weighted by Gasteiger charge is -2.11. The molecule has 0 fully saturated rings. The van der Waals surface area contributed by atoms with Crippen molar-refractivity contribution in [2.75, 3.05) is 11.3 Å². The summed E-state index contributed by atoms with van der Waals surface area (Å²) >= 11 is 0. The van der Waals surface area contributed by atoms with Gasteiger partial charge in [-0.15, -0.1) is 0 Å². The summed E-state index contributed by atoms with van der Waals surface area (Å²) in [5.41, 5.74) is 0.872. The number of benzene rings is 2. The van der Waals surface area contributed by atoms with Gasteiger partial charge in [-0.3, -0.25) is 9.52 Å². The van der Waals surface area contributed by atoms with Crippen molar-refractivity contribution in [2.24, 2.45) is 0 Å². The van der Waals surface area contributed by atoms with E-state index in [1.165, 1.54) is 42.5 Å². The van der Waals surface area contributed by atoms with Crippen molar-refractivity contribution < 1.29 is 22.7 Å². The number of carbonyl (C=O) groups excluding carboxylic acids is 2. The molecule has 1 amide bonds. The topological polar surface area (TPSA) is 102 Å². The molecule has 0 aromatic heterocycles. The zero-order valence-corrected chi connectivity index (χ0v) is 16.2. The second-order valence-corrected chi connectivity index (χ2v) is 7.74. The van der Waals surface area contributed by atoms with E-state index in [4.69, 9.17) is 4.74 Å². The maximum Gasteiger partial charge on any atom is 0.338 e. The summed E-state index contributed by atoms with van der Waals surface area (Å²) in [5.74, 6) is -0.823. The molecule has 0 radical (unpaired) electrons. The van der Waals surface area contributed by atoms with Gasteiger partial charge in [0.2, 0.25) is 0 Å². The van der Waals surface area contributed by atoms with E-state index >= 15 is 0 Å². The first kappa shape index (κ1) is 20.4. The largest absolute Gasteiger partial charge is 0.462 e. The predicted octanol–water partition coefficient (Wildman–Crippen LogP) is 2.80. The maximum atomic E-state index is 12.6. The molecule has 0 atom stereocenters. The molecule has 7 nitrogen and oxygen atoms in total. The Morgan fingerprint density at radius 1 is 1.04 bits per heavy atom. The lowest BCUT2D eigenvalue weighted by Crippen LogP contribution is -2.30. The molecule has 0 bridgehead atoms. The van der Waals surface area contributed by atoms with Crippen LogP contribution in [0.2, 0.25) is 0 Å². The fourth-order valence-electron chi connectivity index (χ4n) is 2.25. The van der Waals surface area contributed by atoms with Gasteiger partial charge in [-0.25, -0.2) is 13.2 Å². The smallest absolute Gasteiger partial charge is 0.338 e. The highest BCUT2D eigenvalue weighted by Crippen LogP contribution is 2.18. The van der Waals surface area contributed by atoms with Gasteiger partial charge in [0.1, 0.15) is 0 Å². The van der Waals surface area contributed by atoms with Crippen LogP contribution in [0.5, 0.6) is 0 Å². The summed E-state index contributed by atoms with van der Waals surface area (Å²) in [6.45, 7) is 5.60. The number of carbonyl (C=O) groups is 2. The molecule has 0 aliphatic heterocycles. The van der Waals surface area contributed by atoms with E-state index in [0.717, 1.165) is 0 Å². The van der Waals surface area contributed by atoms with Crippen LogP contribution < -0.4 is 10.0 Å². The molecule has 2 aromatic carbocycles. The van der Waals surface area contributed by atoms with E-state index < -0.39 is 16.0 Å². The average Bonchev–Trinajstić information content (AvgIpc) is 2.62. The number of hydrogen-bond donors (Lipinski definition) is 2. The molecule has 0 saturated heterocycles. The fraction of sp³-hybridized carbons (Fsp3) is 0.263. The van der Waals surface area contributed by atoms with E-state index in [9.17, 15) is 18.0 Å². The third kappa shape index (κ3) is 5.55. The minimum absolute atomic E-state index is 0.0339. The molecule has 144 valence electrons. The van der Waals surface area contributed by atoms with E-state index in [0.29, 0.717) is 11.3 Å². The van der Waals surface area contributed by atoms with Crippen LogP contribution in [0.25, 0.3) is 0 Å². The maximum absolute atomic E-state index is 12.6. The van der Waals surface area contributed by atoms with Crippen LogP contribution in [0.15, 0.2) is 53.4 Å². The van der Waals surface area contributed by atoms with E-state index in [1.807, 2.05) is 13.8 Å². The molecule has 2 N–H and O–H groups in total. The molecule has 0 spiro atoms. The Hall–Kier alpha value is -2.87. The van der Waals surface area contributed by atoms with Crippen LogP contribution in [0, 0.1) is 0 Å². The molecular weight excluding hydrogens is 368 g/mol. The number of esters is 1. The van der Waals surface area contributed by atoms with Crippen LogP contribution >= 0.6 is 0 Å². The second kappa shape index (κ2) is 8.68. The molecule has 0 saturated carbocycles. The van der Waals surface area contributed by atoms with E-state index in [-0.39, 0.29) is 29.0 Å². The third-order valence-corrected chi connectivity index (χ3v) is 4.85. The number of rotatable bonds is 7. The average molecular weight is 390 g/mol. The van der Waals surface area contributed by atoms with Gasteiger partial charge in [0.05, 0.1) is 17.1 Å². The first-order valence-electron chi connectivity index (χ1n) is 8.44. The van der Waals surface area contributed by atoms with Gasteiger partial charge in [-0.2, -0.15) is 0 Å². The summed E-state index contributed by atoms with van der Waals surface area (Å²) in [5, 5.41) is 2.72. The van der Waals surface area contributed by atoms with Crippen LogP contribution in [0.1, 0.15) is 41.5 Å². The predicted molar refractivity (Wildman–Crippen MR) is 102 cm³/mol. The standard InChI is InChI=1S/C19H22N2O5S/c1-4-26-19(23)14-8-10-16(11-9-14)21-27(24,25)17-7-5-6-15(12-17)18(22)20-13(2)3/h5-13,21H,4H2,1-3H3,(H,20,22). The van der Waals surface area contributed by atoms with Crippen molar-refractivity contribution in [3.63, 3.8) is 0 Å². The van der Waals surface area contributed by atoms with E-state index in [1.54, 1.807) is 13.0 Å². The Labute approximate surface area is 158 Å². The monoisotopic (exact) mass is 390 g/mol. The summed E-state index contributed by atoms with van der Waals surface area (Å²) < 4.78 is 32.5. The minimum atomic E-state index is -3.89. The van der Waals surface area contributed by atoms with Gasteiger partial charge >= 0.3 is 5.97 Å². The lowest BCUT2D eigenvalue weighted by molar-refractivity contribution is 0.0526. The normalized spacial score (nSPS) is 11.1. The highest BCUT2D eigenvalue weighted by atomic mass is 32.2. The van der Waals surface area contributed by atoms with Crippen LogP contribution in [-0.4, -0.2) is 32.9 Å².